The first-order chi connectivity index (χ1) is 15.0. The number of halogens is 5. The molecule has 0 saturated heterocycles. The van der Waals surface area contributed by atoms with Gasteiger partial charge >= 0.3 is 6.18 Å². The highest BCUT2D eigenvalue weighted by Gasteiger charge is 2.30. The van der Waals surface area contributed by atoms with Crippen molar-refractivity contribution in [3.8, 4) is 0 Å². The van der Waals surface area contributed by atoms with Gasteiger partial charge < -0.3 is 0 Å². The molecule has 0 N–H and O–H groups in total. The molecule has 0 aromatic heterocycles. The number of hydrogen-bond donors (Lipinski definition) is 0. The number of aldehydes is 1. The van der Waals surface area contributed by atoms with Crippen molar-refractivity contribution in [3.05, 3.63) is 106 Å². The lowest BCUT2D eigenvalue weighted by atomic mass is 10.0. The van der Waals surface area contributed by atoms with E-state index < -0.39 is 17.7 Å². The fourth-order valence-corrected chi connectivity index (χ4v) is 3.08. The van der Waals surface area contributed by atoms with Gasteiger partial charge in [0, 0.05) is 18.1 Å². The summed E-state index contributed by atoms with van der Waals surface area (Å²) in [5.74, 6) is -2.96. The highest BCUT2D eigenvalue weighted by atomic mass is 19.4. The molecule has 3 rings (SSSR count). The minimum atomic E-state index is -4.43. The van der Waals surface area contributed by atoms with Crippen molar-refractivity contribution in [1.29, 1.82) is 0 Å². The first kappa shape index (κ1) is 23.1. The molecule has 0 radical (unpaired) electrons. The summed E-state index contributed by atoms with van der Waals surface area (Å²) in [7, 11) is 0. The highest BCUT2D eigenvalue weighted by molar-refractivity contribution is 5.82. The van der Waals surface area contributed by atoms with Gasteiger partial charge in [0.05, 0.1) is 5.56 Å². The Labute approximate surface area is 182 Å². The van der Waals surface area contributed by atoms with Gasteiger partial charge in [-0.25, -0.2) is 8.78 Å². The summed E-state index contributed by atoms with van der Waals surface area (Å²) in [5, 5.41) is 0. The van der Waals surface area contributed by atoms with E-state index >= 15 is 0 Å². The minimum absolute atomic E-state index is 0.106. The number of carbonyl (C=O) groups excluding carboxylic acids is 1. The fourth-order valence-electron chi connectivity index (χ4n) is 3.08. The number of benzene rings is 3. The maximum absolute atomic E-state index is 13.5. The van der Waals surface area contributed by atoms with Crippen LogP contribution in [0.3, 0.4) is 0 Å². The van der Waals surface area contributed by atoms with Crippen molar-refractivity contribution in [2.45, 2.75) is 19.0 Å². The van der Waals surface area contributed by atoms with Gasteiger partial charge in [0.15, 0.2) is 0 Å². The standard InChI is InChI=1S/C26H19F5O/c1-25(27,28)23-6-2-4-18(15-23)8-10-20-12-21(14-22(13-20)17-32)11-9-19-5-3-7-24(16-19)26(29,30)31/h2-17H,1H3/b10-8+,11-9+. The third kappa shape index (κ3) is 6.23. The lowest BCUT2D eigenvalue weighted by molar-refractivity contribution is -0.137. The summed E-state index contributed by atoms with van der Waals surface area (Å²) in [4.78, 5) is 11.3. The number of rotatable bonds is 6. The SMILES string of the molecule is CC(F)(F)c1cccc(/C=C/c2cc(C=O)cc(/C=C/c3cccc(C(F)(F)F)c3)c2)c1. The van der Waals surface area contributed by atoms with E-state index in [4.69, 9.17) is 0 Å². The lowest BCUT2D eigenvalue weighted by Gasteiger charge is -2.10. The molecular formula is C26H19F5O. The van der Waals surface area contributed by atoms with Crippen LogP contribution < -0.4 is 0 Å². The average molecular weight is 442 g/mol. The highest BCUT2D eigenvalue weighted by Crippen LogP contribution is 2.30. The third-order valence-electron chi connectivity index (χ3n) is 4.68. The van der Waals surface area contributed by atoms with E-state index in [9.17, 15) is 26.7 Å². The van der Waals surface area contributed by atoms with Crippen LogP contribution in [0.4, 0.5) is 22.0 Å². The number of carbonyl (C=O) groups is 1. The second kappa shape index (κ2) is 9.30. The largest absolute Gasteiger partial charge is 0.416 e. The van der Waals surface area contributed by atoms with Gasteiger partial charge in [-0.1, -0.05) is 54.6 Å². The molecule has 0 atom stereocenters. The Morgan fingerprint density at radius 2 is 1.03 bits per heavy atom. The van der Waals surface area contributed by atoms with Gasteiger partial charge in [-0.3, -0.25) is 4.79 Å². The maximum Gasteiger partial charge on any atom is 0.416 e. The van der Waals surface area contributed by atoms with Crippen molar-refractivity contribution in [1.82, 2.24) is 0 Å². The summed E-state index contributed by atoms with van der Waals surface area (Å²) in [6, 6.07) is 15.8. The molecule has 3 aromatic carbocycles. The molecule has 0 aliphatic heterocycles. The van der Waals surface area contributed by atoms with Gasteiger partial charge in [-0.15, -0.1) is 0 Å². The molecule has 0 fully saturated rings. The van der Waals surface area contributed by atoms with Gasteiger partial charge in [-0.05, 0) is 58.7 Å². The Morgan fingerprint density at radius 3 is 1.50 bits per heavy atom. The third-order valence-corrected chi connectivity index (χ3v) is 4.68. The van der Waals surface area contributed by atoms with Crippen LogP contribution in [0, 0.1) is 0 Å². The minimum Gasteiger partial charge on any atom is -0.298 e. The summed E-state index contributed by atoms with van der Waals surface area (Å²) in [6.45, 7) is 0.826. The molecule has 32 heavy (non-hydrogen) atoms. The Kier molecular flexibility index (Phi) is 6.72. The van der Waals surface area contributed by atoms with Crippen LogP contribution in [-0.2, 0) is 12.1 Å². The zero-order chi connectivity index (χ0) is 23.4. The Morgan fingerprint density at radius 1 is 0.594 bits per heavy atom. The molecular weight excluding hydrogens is 423 g/mol. The molecule has 0 spiro atoms. The topological polar surface area (TPSA) is 17.1 Å². The fraction of sp³-hybridized carbons (Fsp3) is 0.115. The van der Waals surface area contributed by atoms with Crippen LogP contribution in [0.1, 0.15) is 50.7 Å². The van der Waals surface area contributed by atoms with Crippen LogP contribution in [0.5, 0.6) is 0 Å². The molecule has 6 heteroatoms. The molecule has 0 aliphatic rings. The smallest absolute Gasteiger partial charge is 0.298 e. The first-order valence-electron chi connectivity index (χ1n) is 9.67. The van der Waals surface area contributed by atoms with E-state index in [1.54, 1.807) is 48.6 Å². The predicted molar refractivity (Wildman–Crippen MR) is 117 cm³/mol. The molecule has 164 valence electrons. The molecule has 0 saturated carbocycles. The summed E-state index contributed by atoms with van der Waals surface area (Å²) < 4.78 is 65.7. The van der Waals surface area contributed by atoms with Crippen LogP contribution in [0.15, 0.2) is 66.7 Å². The van der Waals surface area contributed by atoms with Crippen molar-refractivity contribution in [3.63, 3.8) is 0 Å². The normalized spacial score (nSPS) is 12.6. The monoisotopic (exact) mass is 442 g/mol. The molecule has 0 aliphatic carbocycles. The quantitative estimate of drug-likeness (QED) is 0.215. The van der Waals surface area contributed by atoms with Crippen molar-refractivity contribution in [2.24, 2.45) is 0 Å². The van der Waals surface area contributed by atoms with E-state index in [-0.39, 0.29) is 5.56 Å². The molecule has 3 aromatic rings. The van der Waals surface area contributed by atoms with E-state index in [0.717, 1.165) is 19.1 Å². The predicted octanol–water partition coefficient (Wildman–Crippen LogP) is 7.97. The summed E-state index contributed by atoms with van der Waals surface area (Å²) in [5.41, 5.74) is 1.72. The van der Waals surface area contributed by atoms with Crippen LogP contribution >= 0.6 is 0 Å². The van der Waals surface area contributed by atoms with E-state index in [0.29, 0.717) is 34.1 Å². The van der Waals surface area contributed by atoms with Crippen LogP contribution in [0.2, 0.25) is 0 Å². The molecule has 0 heterocycles. The molecule has 0 amide bonds. The van der Waals surface area contributed by atoms with Gasteiger partial charge in [0.25, 0.3) is 5.92 Å². The van der Waals surface area contributed by atoms with E-state index in [1.807, 2.05) is 0 Å². The van der Waals surface area contributed by atoms with Crippen LogP contribution in [-0.4, -0.2) is 6.29 Å². The molecule has 0 bridgehead atoms. The van der Waals surface area contributed by atoms with Gasteiger partial charge in [-0.2, -0.15) is 13.2 Å². The molecule has 1 nitrogen and oxygen atoms in total. The Bertz CT molecular complexity index is 1080. The lowest BCUT2D eigenvalue weighted by Crippen LogP contribution is -2.06. The maximum atomic E-state index is 13.5. The summed E-state index contributed by atoms with van der Waals surface area (Å²) >= 11 is 0. The van der Waals surface area contributed by atoms with E-state index in [2.05, 4.69) is 0 Å². The number of alkyl halides is 5. The molecule has 0 unspecified atom stereocenters. The van der Waals surface area contributed by atoms with Crippen molar-refractivity contribution >= 4 is 30.6 Å². The zero-order valence-electron chi connectivity index (χ0n) is 17.0. The second-order valence-electron chi connectivity index (χ2n) is 7.35. The van der Waals surface area contributed by atoms with Crippen molar-refractivity contribution in [2.75, 3.05) is 0 Å². The Balaban J connectivity index is 1.87. The van der Waals surface area contributed by atoms with Gasteiger partial charge in [0.1, 0.15) is 6.29 Å². The Hall–Kier alpha value is -3.54. The van der Waals surface area contributed by atoms with Gasteiger partial charge in [0.2, 0.25) is 0 Å². The van der Waals surface area contributed by atoms with E-state index in [1.165, 1.54) is 30.3 Å². The number of hydrogen-bond acceptors (Lipinski definition) is 1. The summed E-state index contributed by atoms with van der Waals surface area (Å²) in [6.07, 6.45) is 2.70. The van der Waals surface area contributed by atoms with Crippen LogP contribution in [0.25, 0.3) is 24.3 Å². The average Bonchev–Trinajstić information content (AvgIpc) is 2.75. The van der Waals surface area contributed by atoms with Crippen molar-refractivity contribution < 1.29 is 26.7 Å². The second-order valence-corrected chi connectivity index (χ2v) is 7.35. The zero-order valence-corrected chi connectivity index (χ0v) is 17.0. The first-order valence-corrected chi connectivity index (χ1v) is 9.67.